The number of aryl methyl sites for hydroxylation is 2. The quantitative estimate of drug-likeness (QED) is 0.613. The fourth-order valence-electron chi connectivity index (χ4n) is 2.52. The standard InChI is InChI=1S/C16H19BrN8O2/c1-4-25-15(16(27)22-12-6-18-23(3)10(12)2)13(7-20-25)21-14(26)9-24-8-11(17)5-19-24/h5-8H,4,9H2,1-3H3,(H,21,26)(H,22,27). The Morgan fingerprint density at radius 3 is 2.44 bits per heavy atom. The molecule has 11 heteroatoms. The molecular formula is C16H19BrN8O2. The Bertz CT molecular complexity index is 987. The third-order valence-corrected chi connectivity index (χ3v) is 4.43. The molecule has 0 radical (unpaired) electrons. The molecule has 10 nitrogen and oxygen atoms in total. The van der Waals surface area contributed by atoms with Crippen molar-refractivity contribution in [2.24, 2.45) is 7.05 Å². The minimum absolute atomic E-state index is 0.0195. The first-order chi connectivity index (χ1) is 12.9. The minimum Gasteiger partial charge on any atom is -0.321 e. The zero-order valence-electron chi connectivity index (χ0n) is 15.1. The van der Waals surface area contributed by atoms with Crippen LogP contribution in [0.2, 0.25) is 0 Å². The third-order valence-electron chi connectivity index (χ3n) is 4.02. The highest BCUT2D eigenvalue weighted by molar-refractivity contribution is 9.10. The Kier molecular flexibility index (Phi) is 5.40. The van der Waals surface area contributed by atoms with Crippen LogP contribution < -0.4 is 10.6 Å². The predicted octanol–water partition coefficient (Wildman–Crippen LogP) is 1.79. The molecule has 27 heavy (non-hydrogen) atoms. The van der Waals surface area contributed by atoms with Crippen molar-refractivity contribution >= 4 is 39.1 Å². The van der Waals surface area contributed by atoms with Crippen molar-refractivity contribution in [1.29, 1.82) is 0 Å². The van der Waals surface area contributed by atoms with Crippen LogP contribution in [0.15, 0.2) is 29.3 Å². The second-order valence-corrected chi connectivity index (χ2v) is 6.76. The Labute approximate surface area is 163 Å². The molecule has 2 N–H and O–H groups in total. The molecule has 0 aliphatic carbocycles. The van der Waals surface area contributed by atoms with E-state index in [1.54, 1.807) is 30.3 Å². The van der Waals surface area contributed by atoms with Crippen LogP contribution in [-0.4, -0.2) is 41.2 Å². The molecule has 0 bridgehead atoms. The van der Waals surface area contributed by atoms with Gasteiger partial charge in [0.05, 0.1) is 40.1 Å². The maximum Gasteiger partial charge on any atom is 0.276 e. The zero-order chi connectivity index (χ0) is 19.6. The fourth-order valence-corrected chi connectivity index (χ4v) is 2.85. The van der Waals surface area contributed by atoms with Gasteiger partial charge in [0.1, 0.15) is 12.2 Å². The van der Waals surface area contributed by atoms with Gasteiger partial charge in [0, 0.05) is 19.8 Å². The van der Waals surface area contributed by atoms with Gasteiger partial charge in [0.15, 0.2) is 0 Å². The first-order valence-electron chi connectivity index (χ1n) is 8.22. The summed E-state index contributed by atoms with van der Waals surface area (Å²) in [6, 6.07) is 0. The van der Waals surface area contributed by atoms with Gasteiger partial charge in [-0.1, -0.05) is 0 Å². The monoisotopic (exact) mass is 434 g/mol. The number of aromatic nitrogens is 6. The number of anilines is 2. The predicted molar refractivity (Wildman–Crippen MR) is 102 cm³/mol. The van der Waals surface area contributed by atoms with Crippen molar-refractivity contribution in [3.8, 4) is 0 Å². The van der Waals surface area contributed by atoms with E-state index >= 15 is 0 Å². The lowest BCUT2D eigenvalue weighted by Crippen LogP contribution is -2.23. The van der Waals surface area contributed by atoms with Crippen LogP contribution in [0.5, 0.6) is 0 Å². The number of halogens is 1. The number of rotatable bonds is 6. The minimum atomic E-state index is -0.373. The molecule has 0 fully saturated rings. The van der Waals surface area contributed by atoms with E-state index in [0.717, 1.165) is 10.2 Å². The number of carbonyl (C=O) groups excluding carboxylic acids is 2. The lowest BCUT2D eigenvalue weighted by atomic mass is 10.3. The maximum atomic E-state index is 12.8. The molecule has 0 atom stereocenters. The molecule has 0 saturated carbocycles. The molecule has 0 unspecified atom stereocenters. The summed E-state index contributed by atoms with van der Waals surface area (Å²) in [6.45, 7) is 4.22. The summed E-state index contributed by atoms with van der Waals surface area (Å²) in [4.78, 5) is 25.1. The Balaban J connectivity index is 1.78. The van der Waals surface area contributed by atoms with Gasteiger partial charge in [-0.05, 0) is 29.8 Å². The lowest BCUT2D eigenvalue weighted by Gasteiger charge is -2.10. The SMILES string of the molecule is CCn1ncc(NC(=O)Cn2cc(Br)cn2)c1C(=O)Nc1cnn(C)c1C. The third kappa shape index (κ3) is 4.08. The Hall–Kier alpha value is -2.95. The second-order valence-electron chi connectivity index (χ2n) is 5.85. The van der Waals surface area contributed by atoms with E-state index < -0.39 is 0 Å². The average Bonchev–Trinajstić information content (AvgIpc) is 3.30. The van der Waals surface area contributed by atoms with Gasteiger partial charge < -0.3 is 10.6 Å². The number of hydrogen-bond acceptors (Lipinski definition) is 5. The van der Waals surface area contributed by atoms with E-state index in [9.17, 15) is 9.59 Å². The Morgan fingerprint density at radius 1 is 1.11 bits per heavy atom. The van der Waals surface area contributed by atoms with E-state index in [2.05, 4.69) is 41.9 Å². The van der Waals surface area contributed by atoms with E-state index in [4.69, 9.17) is 0 Å². The Morgan fingerprint density at radius 2 is 1.85 bits per heavy atom. The van der Waals surface area contributed by atoms with Crippen LogP contribution in [0, 0.1) is 6.92 Å². The van der Waals surface area contributed by atoms with Crippen molar-refractivity contribution < 1.29 is 9.59 Å². The maximum absolute atomic E-state index is 12.8. The molecule has 3 aromatic rings. The van der Waals surface area contributed by atoms with Gasteiger partial charge in [-0.2, -0.15) is 15.3 Å². The summed E-state index contributed by atoms with van der Waals surface area (Å²) in [5.74, 6) is -0.685. The molecule has 0 spiro atoms. The zero-order valence-corrected chi connectivity index (χ0v) is 16.7. The van der Waals surface area contributed by atoms with E-state index in [0.29, 0.717) is 17.9 Å². The number of nitrogens with zero attached hydrogens (tertiary/aromatic N) is 6. The number of nitrogens with one attached hydrogen (secondary N) is 2. The molecule has 0 aliphatic rings. The van der Waals surface area contributed by atoms with E-state index in [1.165, 1.54) is 15.6 Å². The summed E-state index contributed by atoms with van der Waals surface area (Å²) in [5.41, 5.74) is 2.04. The van der Waals surface area contributed by atoms with Crippen LogP contribution in [0.3, 0.4) is 0 Å². The number of amides is 2. The van der Waals surface area contributed by atoms with E-state index in [-0.39, 0.29) is 24.1 Å². The van der Waals surface area contributed by atoms with Crippen molar-refractivity contribution in [1.82, 2.24) is 29.3 Å². The summed E-state index contributed by atoms with van der Waals surface area (Å²) in [7, 11) is 1.79. The highest BCUT2D eigenvalue weighted by atomic mass is 79.9. The molecular weight excluding hydrogens is 416 g/mol. The van der Waals surface area contributed by atoms with Crippen LogP contribution >= 0.6 is 15.9 Å². The number of carbonyl (C=O) groups is 2. The fraction of sp³-hybridized carbons (Fsp3) is 0.312. The van der Waals surface area contributed by atoms with Gasteiger partial charge in [0.25, 0.3) is 5.91 Å². The highest BCUT2D eigenvalue weighted by Crippen LogP contribution is 2.19. The summed E-state index contributed by atoms with van der Waals surface area (Å²) in [6.07, 6.45) is 6.32. The molecule has 3 aromatic heterocycles. The summed E-state index contributed by atoms with van der Waals surface area (Å²) < 4.78 is 5.46. The molecule has 0 aliphatic heterocycles. The normalized spacial score (nSPS) is 10.8. The molecule has 2 amide bonds. The largest absolute Gasteiger partial charge is 0.321 e. The van der Waals surface area contributed by atoms with Crippen molar-refractivity contribution in [2.75, 3.05) is 10.6 Å². The van der Waals surface area contributed by atoms with Gasteiger partial charge >= 0.3 is 0 Å². The van der Waals surface area contributed by atoms with E-state index in [1.807, 2.05) is 13.8 Å². The lowest BCUT2D eigenvalue weighted by molar-refractivity contribution is -0.116. The van der Waals surface area contributed by atoms with Crippen molar-refractivity contribution in [3.05, 3.63) is 40.6 Å². The molecule has 142 valence electrons. The smallest absolute Gasteiger partial charge is 0.276 e. The summed E-state index contributed by atoms with van der Waals surface area (Å²) in [5, 5.41) is 17.9. The summed E-state index contributed by atoms with van der Waals surface area (Å²) >= 11 is 3.28. The second kappa shape index (κ2) is 7.74. The first kappa shape index (κ1) is 18.8. The van der Waals surface area contributed by atoms with Crippen molar-refractivity contribution in [2.45, 2.75) is 26.9 Å². The number of hydrogen-bond donors (Lipinski definition) is 2. The van der Waals surface area contributed by atoms with Gasteiger partial charge in [-0.15, -0.1) is 0 Å². The van der Waals surface area contributed by atoms with Crippen molar-refractivity contribution in [3.63, 3.8) is 0 Å². The van der Waals surface area contributed by atoms with Gasteiger partial charge in [-0.3, -0.25) is 23.6 Å². The first-order valence-corrected chi connectivity index (χ1v) is 9.02. The molecule has 0 saturated heterocycles. The molecule has 3 rings (SSSR count). The molecule has 3 heterocycles. The van der Waals surface area contributed by atoms with Gasteiger partial charge in [-0.25, -0.2) is 0 Å². The topological polar surface area (TPSA) is 112 Å². The molecule has 0 aromatic carbocycles. The van der Waals surface area contributed by atoms with Crippen LogP contribution in [0.1, 0.15) is 23.1 Å². The van der Waals surface area contributed by atoms with Gasteiger partial charge in [0.2, 0.25) is 5.91 Å². The highest BCUT2D eigenvalue weighted by Gasteiger charge is 2.21. The van der Waals surface area contributed by atoms with Crippen LogP contribution in [0.25, 0.3) is 0 Å². The average molecular weight is 435 g/mol. The van der Waals surface area contributed by atoms with Crippen LogP contribution in [-0.2, 0) is 24.9 Å². The van der Waals surface area contributed by atoms with Crippen LogP contribution in [0.4, 0.5) is 11.4 Å².